The number of nitrogens with zero attached hydrogens (tertiary/aromatic N) is 6. The van der Waals surface area contributed by atoms with Gasteiger partial charge in [-0.25, -0.2) is 9.78 Å². The molecule has 4 heterocycles. The summed E-state index contributed by atoms with van der Waals surface area (Å²) in [4.78, 5) is 31.9. The highest BCUT2D eigenvalue weighted by Gasteiger charge is 2.46. The molecule has 0 unspecified atom stereocenters. The first kappa shape index (κ1) is 15.6. The van der Waals surface area contributed by atoms with Crippen LogP contribution in [0, 0.1) is 0 Å². The second kappa shape index (κ2) is 5.83. The second-order valence-electron chi connectivity index (χ2n) is 6.47. The lowest BCUT2D eigenvalue weighted by Gasteiger charge is -2.37. The number of carbonyl (C=O) groups is 2. The molecule has 9 heteroatoms. The highest BCUT2D eigenvalue weighted by Crippen LogP contribution is 2.32. The normalized spacial score (nSPS) is 19.3. The van der Waals surface area contributed by atoms with E-state index < -0.39 is 5.60 Å². The third kappa shape index (κ3) is 2.81. The van der Waals surface area contributed by atoms with Crippen molar-refractivity contribution in [3.8, 4) is 5.82 Å². The van der Waals surface area contributed by atoms with Crippen molar-refractivity contribution in [1.29, 1.82) is 0 Å². The molecule has 2 aromatic heterocycles. The molecule has 2 saturated heterocycles. The van der Waals surface area contributed by atoms with Crippen molar-refractivity contribution in [3.63, 3.8) is 0 Å². The van der Waals surface area contributed by atoms with Crippen LogP contribution < -0.4 is 0 Å². The Morgan fingerprint density at radius 2 is 1.92 bits per heavy atom. The van der Waals surface area contributed by atoms with Gasteiger partial charge in [-0.2, -0.15) is 0 Å². The van der Waals surface area contributed by atoms with Gasteiger partial charge in [-0.3, -0.25) is 9.36 Å². The molecule has 1 spiro atoms. The zero-order chi connectivity index (χ0) is 17.4. The molecule has 2 fully saturated rings. The van der Waals surface area contributed by atoms with Crippen LogP contribution >= 0.6 is 0 Å². The van der Waals surface area contributed by atoms with Gasteiger partial charge in [0.2, 0.25) is 0 Å². The average Bonchev–Trinajstić information content (AvgIpc) is 3.24. The Morgan fingerprint density at radius 1 is 1.20 bits per heavy atom. The van der Waals surface area contributed by atoms with Gasteiger partial charge in [-0.15, -0.1) is 10.2 Å². The smallest absolute Gasteiger partial charge is 0.410 e. The summed E-state index contributed by atoms with van der Waals surface area (Å²) in [6.07, 6.45) is 5.68. The van der Waals surface area contributed by atoms with Gasteiger partial charge in [0.1, 0.15) is 24.1 Å². The third-order valence-corrected chi connectivity index (χ3v) is 4.78. The number of likely N-dealkylation sites (tertiary alicyclic amines) is 1. The van der Waals surface area contributed by atoms with Crippen LogP contribution in [0.2, 0.25) is 0 Å². The van der Waals surface area contributed by atoms with E-state index in [1.54, 1.807) is 52.4 Å². The van der Waals surface area contributed by atoms with E-state index in [0.717, 1.165) is 0 Å². The summed E-state index contributed by atoms with van der Waals surface area (Å²) in [5.74, 6) is 0.593. The minimum Gasteiger partial charge on any atom is -0.441 e. The maximum absolute atomic E-state index is 12.7. The number of hydrogen-bond acceptors (Lipinski definition) is 6. The molecule has 0 bridgehead atoms. The van der Waals surface area contributed by atoms with Gasteiger partial charge in [-0.05, 0) is 12.1 Å². The Balaban J connectivity index is 1.41. The molecule has 2 amide bonds. The van der Waals surface area contributed by atoms with E-state index >= 15 is 0 Å². The molecule has 0 aromatic carbocycles. The van der Waals surface area contributed by atoms with Gasteiger partial charge < -0.3 is 14.5 Å². The van der Waals surface area contributed by atoms with Crippen LogP contribution in [-0.4, -0.2) is 73.8 Å². The number of pyridine rings is 1. The van der Waals surface area contributed by atoms with Crippen molar-refractivity contribution in [2.75, 3.05) is 26.7 Å². The van der Waals surface area contributed by atoms with Crippen LogP contribution in [0.1, 0.15) is 23.2 Å². The fourth-order valence-electron chi connectivity index (χ4n) is 3.34. The van der Waals surface area contributed by atoms with Crippen molar-refractivity contribution in [2.24, 2.45) is 0 Å². The molecule has 0 N–H and O–H groups in total. The first-order valence-electron chi connectivity index (χ1n) is 8.11. The van der Waals surface area contributed by atoms with Gasteiger partial charge in [0.15, 0.2) is 0 Å². The minimum atomic E-state index is -0.445. The molecule has 4 rings (SSSR count). The number of amides is 2. The lowest BCUT2D eigenvalue weighted by atomic mass is 9.91. The molecular weight excluding hydrogens is 324 g/mol. The van der Waals surface area contributed by atoms with Crippen LogP contribution in [0.15, 0.2) is 31.0 Å². The molecule has 0 atom stereocenters. The Bertz CT molecular complexity index is 781. The van der Waals surface area contributed by atoms with E-state index in [-0.39, 0.29) is 12.0 Å². The summed E-state index contributed by atoms with van der Waals surface area (Å²) >= 11 is 0. The highest BCUT2D eigenvalue weighted by molar-refractivity contribution is 5.94. The first-order valence-corrected chi connectivity index (χ1v) is 8.11. The van der Waals surface area contributed by atoms with E-state index in [0.29, 0.717) is 43.9 Å². The number of carbonyl (C=O) groups excluding carboxylic acids is 2. The van der Waals surface area contributed by atoms with Gasteiger partial charge in [0.05, 0.1) is 12.1 Å². The summed E-state index contributed by atoms with van der Waals surface area (Å²) in [7, 11) is 1.73. The van der Waals surface area contributed by atoms with Gasteiger partial charge >= 0.3 is 6.09 Å². The fraction of sp³-hybridized carbons (Fsp3) is 0.438. The summed E-state index contributed by atoms with van der Waals surface area (Å²) in [5, 5.41) is 7.47. The van der Waals surface area contributed by atoms with Crippen molar-refractivity contribution in [2.45, 2.75) is 18.4 Å². The monoisotopic (exact) mass is 342 g/mol. The zero-order valence-corrected chi connectivity index (χ0v) is 13.8. The lowest BCUT2D eigenvalue weighted by Crippen LogP contribution is -2.48. The molecule has 0 radical (unpaired) electrons. The van der Waals surface area contributed by atoms with E-state index in [1.807, 2.05) is 0 Å². The van der Waals surface area contributed by atoms with Gasteiger partial charge in [0.25, 0.3) is 5.91 Å². The zero-order valence-electron chi connectivity index (χ0n) is 13.8. The molecular formula is C16H18N6O3. The Hall–Kier alpha value is -2.97. The van der Waals surface area contributed by atoms with Crippen LogP contribution in [0.4, 0.5) is 4.79 Å². The van der Waals surface area contributed by atoms with Crippen LogP contribution in [-0.2, 0) is 4.74 Å². The summed E-state index contributed by atoms with van der Waals surface area (Å²) in [6, 6.07) is 3.51. The maximum atomic E-state index is 12.7. The SMILES string of the molecule is CN1CC2(CCN(C(=O)c3ccc(-n4cnnc4)nc3)CC2)OC1=O. The lowest BCUT2D eigenvalue weighted by molar-refractivity contribution is 0.00316. The minimum absolute atomic E-state index is 0.0599. The summed E-state index contributed by atoms with van der Waals surface area (Å²) in [6.45, 7) is 1.71. The Morgan fingerprint density at radius 3 is 2.48 bits per heavy atom. The molecule has 9 nitrogen and oxygen atoms in total. The molecule has 130 valence electrons. The number of piperidine rings is 1. The molecule has 0 saturated carbocycles. The van der Waals surface area contributed by atoms with Crippen molar-refractivity contribution in [3.05, 3.63) is 36.5 Å². The third-order valence-electron chi connectivity index (χ3n) is 4.78. The maximum Gasteiger partial charge on any atom is 0.410 e. The second-order valence-corrected chi connectivity index (χ2v) is 6.47. The van der Waals surface area contributed by atoms with Crippen LogP contribution in [0.5, 0.6) is 0 Å². The molecule has 2 aromatic rings. The first-order chi connectivity index (χ1) is 12.1. The van der Waals surface area contributed by atoms with E-state index in [1.165, 1.54) is 0 Å². The highest BCUT2D eigenvalue weighted by atomic mass is 16.6. The molecule has 2 aliphatic rings. The number of rotatable bonds is 2. The predicted molar refractivity (Wildman–Crippen MR) is 86.1 cm³/mol. The number of aromatic nitrogens is 4. The van der Waals surface area contributed by atoms with E-state index in [2.05, 4.69) is 15.2 Å². The van der Waals surface area contributed by atoms with Crippen molar-refractivity contribution < 1.29 is 14.3 Å². The summed E-state index contributed by atoms with van der Waals surface area (Å²) < 4.78 is 7.19. The van der Waals surface area contributed by atoms with E-state index in [9.17, 15) is 9.59 Å². The fourth-order valence-corrected chi connectivity index (χ4v) is 3.34. The number of ether oxygens (including phenoxy) is 1. The predicted octanol–water partition coefficient (Wildman–Crippen LogP) is 0.719. The van der Waals surface area contributed by atoms with Gasteiger partial charge in [-0.1, -0.05) is 0 Å². The molecule has 0 aliphatic carbocycles. The average molecular weight is 342 g/mol. The topological polar surface area (TPSA) is 93.5 Å². The largest absolute Gasteiger partial charge is 0.441 e. The van der Waals surface area contributed by atoms with Crippen LogP contribution in [0.3, 0.4) is 0 Å². The summed E-state index contributed by atoms with van der Waals surface area (Å²) in [5.41, 5.74) is 0.0902. The van der Waals surface area contributed by atoms with Crippen molar-refractivity contribution >= 4 is 12.0 Å². The standard InChI is InChI=1S/C16H18N6O3/c1-20-9-16(25-15(20)24)4-6-21(7-5-16)14(23)12-2-3-13(17-8-12)22-10-18-19-11-22/h2-3,8,10-11H,4-7,9H2,1H3. The molecule has 25 heavy (non-hydrogen) atoms. The van der Waals surface area contributed by atoms with Crippen LogP contribution in [0.25, 0.3) is 5.82 Å². The Labute approximate surface area is 144 Å². The molecule has 2 aliphatic heterocycles. The Kier molecular flexibility index (Phi) is 3.63. The quantitative estimate of drug-likeness (QED) is 0.798. The van der Waals surface area contributed by atoms with E-state index in [4.69, 9.17) is 4.74 Å². The van der Waals surface area contributed by atoms with Crippen molar-refractivity contribution in [1.82, 2.24) is 29.5 Å². The number of likely N-dealkylation sites (N-methyl/N-ethyl adjacent to an activating group) is 1. The number of hydrogen-bond donors (Lipinski definition) is 0. The van der Waals surface area contributed by atoms with Gasteiger partial charge in [0, 0.05) is 39.2 Å².